The molecule has 1 aromatic carbocycles. The number of carbonyl (C=O) groups is 1. The van der Waals surface area contributed by atoms with E-state index in [-0.39, 0.29) is 54.0 Å². The maximum absolute atomic E-state index is 13.2. The number of ether oxygens (including phenoxy) is 1. The molecule has 0 spiro atoms. The number of rotatable bonds is 10. The number of hydrogen-bond donors (Lipinski definition) is 3. The van der Waals surface area contributed by atoms with Crippen LogP contribution in [0.25, 0.3) is 0 Å². The van der Waals surface area contributed by atoms with Gasteiger partial charge >= 0.3 is 16.7 Å². The molecule has 0 unspecified atom stereocenters. The van der Waals surface area contributed by atoms with E-state index >= 15 is 0 Å². The lowest BCUT2D eigenvalue weighted by Crippen LogP contribution is -2.24. The monoisotopic (exact) mass is 556 g/mol. The third-order valence-corrected chi connectivity index (χ3v) is 6.27. The molecule has 16 heteroatoms. The Bertz CT molecular complexity index is 1400. The minimum Gasteiger partial charge on any atom is -0.405 e. The summed E-state index contributed by atoms with van der Waals surface area (Å²) in [6, 6.07) is 6.65. The highest BCUT2D eigenvalue weighted by molar-refractivity contribution is 7.84. The molecule has 204 valence electrons. The lowest BCUT2D eigenvalue weighted by atomic mass is 10.1. The predicted molar refractivity (Wildman–Crippen MR) is 125 cm³/mol. The summed E-state index contributed by atoms with van der Waals surface area (Å²) in [6.07, 6.45) is -1.21. The number of hydrogen-bond acceptors (Lipinski definition) is 10. The number of aliphatic hydroxyl groups is 1. The summed E-state index contributed by atoms with van der Waals surface area (Å²) in [5.41, 5.74) is 0.290. The van der Waals surface area contributed by atoms with E-state index in [0.29, 0.717) is 6.42 Å². The number of ketones is 1. The highest BCUT2D eigenvalue weighted by Crippen LogP contribution is 2.30. The molecule has 3 atom stereocenters. The molecule has 38 heavy (non-hydrogen) atoms. The van der Waals surface area contributed by atoms with Crippen molar-refractivity contribution in [2.24, 2.45) is 11.1 Å². The van der Waals surface area contributed by atoms with Crippen molar-refractivity contribution in [2.45, 2.75) is 37.9 Å². The maximum atomic E-state index is 13.2. The van der Waals surface area contributed by atoms with Gasteiger partial charge in [0.1, 0.15) is 23.6 Å². The van der Waals surface area contributed by atoms with E-state index < -0.39 is 34.5 Å². The van der Waals surface area contributed by atoms with Crippen LogP contribution in [0.15, 0.2) is 49.1 Å². The van der Waals surface area contributed by atoms with Crippen molar-refractivity contribution >= 4 is 21.9 Å². The van der Waals surface area contributed by atoms with Crippen molar-refractivity contribution in [1.82, 2.24) is 19.7 Å². The third-order valence-electron chi connectivity index (χ3n) is 5.81. The van der Waals surface area contributed by atoms with Crippen molar-refractivity contribution in [2.75, 3.05) is 11.9 Å². The molecule has 1 saturated carbocycles. The topological polar surface area (TPSA) is 172 Å². The van der Waals surface area contributed by atoms with Crippen LogP contribution in [0.3, 0.4) is 0 Å². The van der Waals surface area contributed by atoms with Crippen LogP contribution >= 0.6 is 0 Å². The summed E-state index contributed by atoms with van der Waals surface area (Å²) in [6.45, 7) is -0.375. The molecule has 0 aliphatic heterocycles. The molecule has 1 aliphatic carbocycles. The quantitative estimate of drug-likeness (QED) is 0.312. The Morgan fingerprint density at radius 1 is 1.24 bits per heavy atom. The number of anilines is 1. The van der Waals surface area contributed by atoms with Crippen LogP contribution in [0.1, 0.15) is 34.5 Å². The number of benzene rings is 1. The Morgan fingerprint density at radius 2 is 2.00 bits per heavy atom. The fraction of sp³-hybridized carbons (Fsp3) is 0.364. The van der Waals surface area contributed by atoms with Crippen LogP contribution in [-0.2, 0) is 21.0 Å². The van der Waals surface area contributed by atoms with E-state index in [4.69, 9.17) is 5.14 Å². The van der Waals surface area contributed by atoms with Crippen LogP contribution in [0.4, 0.5) is 19.0 Å². The minimum atomic E-state index is -4.86. The normalized spacial score (nSPS) is 19.9. The van der Waals surface area contributed by atoms with E-state index in [0.717, 1.165) is 0 Å². The molecule has 0 radical (unpaired) electrons. The zero-order chi connectivity index (χ0) is 27.5. The van der Waals surface area contributed by atoms with Gasteiger partial charge in [-0.3, -0.25) is 13.7 Å². The molecule has 4 rings (SSSR count). The Morgan fingerprint density at radius 3 is 2.74 bits per heavy atom. The van der Waals surface area contributed by atoms with Gasteiger partial charge in [0.2, 0.25) is 5.78 Å². The maximum Gasteiger partial charge on any atom is 0.573 e. The summed E-state index contributed by atoms with van der Waals surface area (Å²) in [7, 11) is -4.15. The van der Waals surface area contributed by atoms with Crippen LogP contribution in [0.2, 0.25) is 0 Å². The van der Waals surface area contributed by atoms with Crippen LogP contribution in [-0.4, -0.2) is 64.2 Å². The number of aromatic nitrogens is 4. The third kappa shape index (κ3) is 7.25. The van der Waals surface area contributed by atoms with E-state index in [9.17, 15) is 31.5 Å². The largest absolute Gasteiger partial charge is 0.573 e. The Labute approximate surface area is 214 Å². The molecule has 3 aromatic rings. The molecule has 2 heterocycles. The smallest absolute Gasteiger partial charge is 0.405 e. The molecular formula is C22H23F3N6O6S. The second-order valence-corrected chi connectivity index (χ2v) is 9.81. The van der Waals surface area contributed by atoms with Crippen molar-refractivity contribution < 1.29 is 40.4 Å². The molecule has 0 amide bonds. The molecular weight excluding hydrogens is 533 g/mol. The summed E-state index contributed by atoms with van der Waals surface area (Å²) in [5, 5.41) is 22.4. The molecule has 12 nitrogen and oxygen atoms in total. The van der Waals surface area contributed by atoms with Gasteiger partial charge in [0.25, 0.3) is 0 Å². The first kappa shape index (κ1) is 27.4. The van der Waals surface area contributed by atoms with Crippen molar-refractivity contribution in [3.8, 4) is 5.75 Å². The molecule has 0 saturated heterocycles. The Kier molecular flexibility index (Phi) is 7.96. The van der Waals surface area contributed by atoms with E-state index in [2.05, 4.69) is 29.3 Å². The van der Waals surface area contributed by atoms with E-state index in [1.54, 1.807) is 6.07 Å². The number of aliphatic hydroxyl groups excluding tert-OH is 1. The first-order valence-electron chi connectivity index (χ1n) is 11.2. The Hall–Kier alpha value is -3.60. The zero-order valence-corrected chi connectivity index (χ0v) is 20.4. The van der Waals surface area contributed by atoms with E-state index in [1.165, 1.54) is 47.7 Å². The highest BCUT2D eigenvalue weighted by Gasteiger charge is 2.35. The number of para-hydroxylation sites is 1. The second-order valence-electron chi connectivity index (χ2n) is 8.59. The second kappa shape index (κ2) is 11.0. The Balaban J connectivity index is 1.46. The standard InChI is InChI=1S/C22H23F3N6O6S/c23-22(24,25)37-19-4-2-1-3-13(19)10-31-6-5-17(30-31)20(33)16-9-27-12-28-21(16)29-15-7-14(18(32)8-15)11-36-38(26,34)35/h1-6,9,12,14-15,18,32H,7-8,10-11H2,(H2,26,34,35)(H,27,28,29)/t14-,15-,18+/m1/s1. The van der Waals surface area contributed by atoms with Gasteiger partial charge in [-0.25, -0.2) is 15.1 Å². The van der Waals surface area contributed by atoms with Gasteiger partial charge in [-0.15, -0.1) is 13.2 Å². The molecule has 4 N–H and O–H groups in total. The number of halogens is 3. The summed E-state index contributed by atoms with van der Waals surface area (Å²) < 4.78 is 70.2. The van der Waals surface area contributed by atoms with Gasteiger partial charge < -0.3 is 15.2 Å². The van der Waals surface area contributed by atoms with Gasteiger partial charge in [-0.1, -0.05) is 18.2 Å². The summed E-state index contributed by atoms with van der Waals surface area (Å²) >= 11 is 0. The number of alkyl halides is 3. The van der Waals surface area contributed by atoms with Crippen LogP contribution < -0.4 is 15.2 Å². The SMILES string of the molecule is NS(=O)(=O)OC[C@H]1C[C@@H](Nc2ncncc2C(=O)c2ccn(Cc3ccccc3OC(F)(F)F)n2)C[C@@H]1O. The number of nitrogens with zero attached hydrogens (tertiary/aromatic N) is 4. The molecule has 2 aromatic heterocycles. The first-order chi connectivity index (χ1) is 17.9. The predicted octanol–water partition coefficient (Wildman–Crippen LogP) is 1.62. The van der Waals surface area contributed by atoms with Gasteiger partial charge in [0, 0.05) is 29.9 Å². The zero-order valence-electron chi connectivity index (χ0n) is 19.6. The van der Waals surface area contributed by atoms with Crippen molar-refractivity contribution in [3.05, 3.63) is 65.9 Å². The first-order valence-corrected chi connectivity index (χ1v) is 12.7. The van der Waals surface area contributed by atoms with Crippen LogP contribution in [0.5, 0.6) is 5.75 Å². The molecule has 1 aliphatic rings. The lowest BCUT2D eigenvalue weighted by molar-refractivity contribution is -0.274. The fourth-order valence-corrected chi connectivity index (χ4v) is 4.49. The minimum absolute atomic E-state index is 0.00274. The highest BCUT2D eigenvalue weighted by atomic mass is 32.2. The van der Waals surface area contributed by atoms with Crippen molar-refractivity contribution in [3.63, 3.8) is 0 Å². The summed E-state index contributed by atoms with van der Waals surface area (Å²) in [4.78, 5) is 21.2. The van der Waals surface area contributed by atoms with Crippen molar-refractivity contribution in [1.29, 1.82) is 0 Å². The van der Waals surface area contributed by atoms with Gasteiger partial charge in [0.05, 0.1) is 24.8 Å². The number of nitrogens with two attached hydrogens (primary N) is 1. The molecule has 1 fully saturated rings. The average Bonchev–Trinajstić information content (AvgIpc) is 3.43. The van der Waals surface area contributed by atoms with Gasteiger partial charge in [0.15, 0.2) is 0 Å². The van der Waals surface area contributed by atoms with Gasteiger partial charge in [-0.05, 0) is 25.0 Å². The summed E-state index contributed by atoms with van der Waals surface area (Å²) in [5.74, 6) is -1.25. The number of carbonyl (C=O) groups excluding carboxylic acids is 1. The van der Waals surface area contributed by atoms with Gasteiger partial charge in [-0.2, -0.15) is 13.5 Å². The lowest BCUT2D eigenvalue weighted by Gasteiger charge is -2.15. The average molecular weight is 557 g/mol. The fourth-order valence-electron chi connectivity index (χ4n) is 4.13. The number of nitrogens with one attached hydrogen (secondary N) is 1. The van der Waals surface area contributed by atoms with Crippen LogP contribution in [0, 0.1) is 5.92 Å². The molecule has 0 bridgehead atoms. The van der Waals surface area contributed by atoms with E-state index in [1.807, 2.05) is 0 Å².